The Bertz CT molecular complexity index is 1340. The molecule has 0 aliphatic heterocycles. The van der Waals surface area contributed by atoms with E-state index < -0.39 is 23.9 Å². The smallest absolute Gasteiger partial charge is 0.323 e. The number of hydrogen-bond acceptors (Lipinski definition) is 9. The number of hydrogen-bond donors (Lipinski definition) is 4. The molecule has 0 bridgehead atoms. The van der Waals surface area contributed by atoms with Crippen molar-refractivity contribution in [1.82, 2.24) is 9.97 Å². The van der Waals surface area contributed by atoms with Gasteiger partial charge in [-0.3, -0.25) is 9.59 Å². The van der Waals surface area contributed by atoms with Gasteiger partial charge in [-0.1, -0.05) is 38.1 Å². The van der Waals surface area contributed by atoms with E-state index in [1.165, 1.54) is 0 Å². The van der Waals surface area contributed by atoms with Crippen LogP contribution in [-0.4, -0.2) is 40.6 Å². The summed E-state index contributed by atoms with van der Waals surface area (Å²) < 4.78 is 25.5. The van der Waals surface area contributed by atoms with E-state index in [4.69, 9.17) is 26.8 Å². The van der Waals surface area contributed by atoms with Gasteiger partial charge in [0.2, 0.25) is 11.9 Å². The zero-order valence-corrected chi connectivity index (χ0v) is 22.5. The van der Waals surface area contributed by atoms with Gasteiger partial charge in [0.05, 0.1) is 11.2 Å². The lowest BCUT2D eigenvalue weighted by Crippen LogP contribution is -2.38. The van der Waals surface area contributed by atoms with Gasteiger partial charge in [-0.25, -0.2) is 9.37 Å². The van der Waals surface area contributed by atoms with Crippen molar-refractivity contribution < 1.29 is 23.5 Å². The molecule has 0 saturated heterocycles. The number of nitrogens with two attached hydrogens (primary N) is 1. The van der Waals surface area contributed by atoms with Crippen molar-refractivity contribution in [2.75, 3.05) is 22.6 Å². The highest BCUT2D eigenvalue weighted by molar-refractivity contribution is 6.32. The van der Waals surface area contributed by atoms with Gasteiger partial charge in [-0.05, 0) is 49.2 Å². The first-order chi connectivity index (χ1) is 18.5. The van der Waals surface area contributed by atoms with Crippen molar-refractivity contribution >= 4 is 52.3 Å². The van der Waals surface area contributed by atoms with Crippen molar-refractivity contribution in [3.63, 3.8) is 0 Å². The van der Waals surface area contributed by atoms with Crippen LogP contribution in [0, 0.1) is 11.7 Å². The first-order valence-electron chi connectivity index (χ1n) is 12.0. The van der Waals surface area contributed by atoms with E-state index in [0.717, 1.165) is 12.3 Å². The van der Waals surface area contributed by atoms with Crippen LogP contribution in [0.4, 0.5) is 33.2 Å². The van der Waals surface area contributed by atoms with Gasteiger partial charge in [0.25, 0.3) is 0 Å². The lowest BCUT2D eigenvalue weighted by atomic mass is 10.1. The summed E-state index contributed by atoms with van der Waals surface area (Å²) in [5.41, 5.74) is 7.32. The van der Waals surface area contributed by atoms with E-state index in [1.54, 1.807) is 49.4 Å². The van der Waals surface area contributed by atoms with E-state index >= 15 is 0 Å². The molecule has 0 fully saturated rings. The molecule has 2 aromatic carbocycles. The number of anilines is 5. The van der Waals surface area contributed by atoms with E-state index in [0.29, 0.717) is 27.8 Å². The molecule has 39 heavy (non-hydrogen) atoms. The summed E-state index contributed by atoms with van der Waals surface area (Å²) in [4.78, 5) is 31.7. The summed E-state index contributed by atoms with van der Waals surface area (Å²) in [5.74, 6) is -1.26. The monoisotopic (exact) mass is 556 g/mol. The predicted molar refractivity (Wildman–Crippen MR) is 149 cm³/mol. The molecule has 0 radical (unpaired) electrons. The number of carbonyl (C=O) groups excluding carboxylic acids is 2. The van der Waals surface area contributed by atoms with Crippen LogP contribution in [0.5, 0.6) is 5.75 Å². The minimum absolute atomic E-state index is 0.0121. The summed E-state index contributed by atoms with van der Waals surface area (Å²) >= 11 is 6.28. The molecule has 206 valence electrons. The highest BCUT2D eigenvalue weighted by atomic mass is 35.5. The Hall–Kier alpha value is -4.22. The highest BCUT2D eigenvalue weighted by Gasteiger charge is 2.20. The molecular weight excluding hydrogens is 527 g/mol. The van der Waals surface area contributed by atoms with Crippen LogP contribution in [0.2, 0.25) is 5.02 Å². The number of halogens is 2. The minimum Gasteiger partial charge on any atom is -0.486 e. The normalized spacial score (nSPS) is 12.3. The third-order valence-electron chi connectivity index (χ3n) is 5.29. The third kappa shape index (κ3) is 8.66. The standard InChI is InChI=1S/C27H30ClFN6O4/c1-5-23(36)32-17-7-6-8-18(11-17)33-25-21(29)13-31-27(35-25)34-19-9-10-20(28)22(12-19)39-16(4)14-38-26(37)24(30)15(2)3/h5-13,15-16,24H,1,14,30H2,2-4H3,(H,32,36)(H2,31,33,34,35)/t16-,24-/m0/s1. The molecule has 0 aliphatic rings. The lowest BCUT2D eigenvalue weighted by Gasteiger charge is -2.19. The van der Waals surface area contributed by atoms with Gasteiger partial charge in [0.1, 0.15) is 24.5 Å². The van der Waals surface area contributed by atoms with Crippen molar-refractivity contribution in [3.8, 4) is 5.75 Å². The maximum Gasteiger partial charge on any atom is 0.323 e. The zero-order chi connectivity index (χ0) is 28.5. The molecule has 12 heteroatoms. The average molecular weight is 557 g/mol. The quantitative estimate of drug-likeness (QED) is 0.175. The van der Waals surface area contributed by atoms with Crippen LogP contribution >= 0.6 is 11.6 Å². The number of rotatable bonds is 12. The molecule has 1 heterocycles. The highest BCUT2D eigenvalue weighted by Crippen LogP contribution is 2.30. The summed E-state index contributed by atoms with van der Waals surface area (Å²) in [5, 5.41) is 8.83. The molecule has 5 N–H and O–H groups in total. The molecule has 3 rings (SSSR count). The second-order valence-corrected chi connectivity index (χ2v) is 9.30. The van der Waals surface area contributed by atoms with Gasteiger partial charge < -0.3 is 31.2 Å². The maximum atomic E-state index is 14.5. The number of ether oxygens (including phenoxy) is 2. The van der Waals surface area contributed by atoms with Crippen molar-refractivity contribution in [2.24, 2.45) is 11.7 Å². The summed E-state index contributed by atoms with van der Waals surface area (Å²) in [7, 11) is 0. The fraction of sp³-hybridized carbons (Fsp3) is 0.259. The number of aromatic nitrogens is 2. The van der Waals surface area contributed by atoms with Crippen molar-refractivity contribution in [1.29, 1.82) is 0 Å². The third-order valence-corrected chi connectivity index (χ3v) is 5.60. The van der Waals surface area contributed by atoms with Crippen LogP contribution in [0.1, 0.15) is 20.8 Å². The first kappa shape index (κ1) is 29.3. The second-order valence-electron chi connectivity index (χ2n) is 8.89. The SMILES string of the molecule is C=CC(=O)Nc1cccc(Nc2nc(Nc3ccc(Cl)c(O[C@@H](C)COC(=O)[C@@H](N)C(C)C)c3)ncc2F)c1. The van der Waals surface area contributed by atoms with Crippen LogP contribution in [0.25, 0.3) is 0 Å². The molecule has 1 amide bonds. The van der Waals surface area contributed by atoms with E-state index in [9.17, 15) is 14.0 Å². The number of nitrogens with zero attached hydrogens (tertiary/aromatic N) is 2. The molecule has 0 unspecified atom stereocenters. The van der Waals surface area contributed by atoms with Crippen molar-refractivity contribution in [3.05, 3.63) is 72.2 Å². The first-order valence-corrected chi connectivity index (χ1v) is 12.4. The average Bonchev–Trinajstić information content (AvgIpc) is 2.90. The molecule has 0 aliphatic carbocycles. The molecule has 0 saturated carbocycles. The van der Waals surface area contributed by atoms with Crippen LogP contribution < -0.4 is 26.4 Å². The predicted octanol–water partition coefficient (Wildman–Crippen LogP) is 5.17. The lowest BCUT2D eigenvalue weighted by molar-refractivity contribution is -0.148. The summed E-state index contributed by atoms with van der Waals surface area (Å²) in [6, 6.07) is 10.9. The summed E-state index contributed by atoms with van der Waals surface area (Å²) in [6.07, 6.45) is 1.66. The zero-order valence-electron chi connectivity index (χ0n) is 21.7. The molecule has 0 spiro atoms. The molecule has 2 atom stereocenters. The number of nitrogens with one attached hydrogen (secondary N) is 3. The molecule has 3 aromatic rings. The van der Waals surface area contributed by atoms with E-state index in [2.05, 4.69) is 32.5 Å². The van der Waals surface area contributed by atoms with Gasteiger partial charge in [0, 0.05) is 23.1 Å². The van der Waals surface area contributed by atoms with Crippen LogP contribution in [0.3, 0.4) is 0 Å². The number of esters is 1. The Morgan fingerprint density at radius 2 is 1.85 bits per heavy atom. The number of amides is 1. The fourth-order valence-corrected chi connectivity index (χ4v) is 3.30. The second kappa shape index (κ2) is 13.5. The molecular formula is C27H30ClFN6O4. The Labute approximate surface area is 230 Å². The largest absolute Gasteiger partial charge is 0.486 e. The Kier molecular flexibility index (Phi) is 10.2. The van der Waals surface area contributed by atoms with E-state index in [-0.39, 0.29) is 30.2 Å². The Morgan fingerprint density at radius 3 is 2.56 bits per heavy atom. The van der Waals surface area contributed by atoms with Gasteiger partial charge in [0.15, 0.2) is 11.6 Å². The van der Waals surface area contributed by atoms with Gasteiger partial charge in [-0.15, -0.1) is 0 Å². The Balaban J connectivity index is 1.68. The van der Waals surface area contributed by atoms with Crippen LogP contribution in [0.15, 0.2) is 61.3 Å². The van der Waals surface area contributed by atoms with Crippen LogP contribution in [-0.2, 0) is 14.3 Å². The number of benzene rings is 2. The minimum atomic E-state index is -0.717. The summed E-state index contributed by atoms with van der Waals surface area (Å²) in [6.45, 7) is 8.79. The number of carbonyl (C=O) groups is 2. The Morgan fingerprint density at radius 1 is 1.13 bits per heavy atom. The van der Waals surface area contributed by atoms with Gasteiger partial charge in [-0.2, -0.15) is 4.98 Å². The van der Waals surface area contributed by atoms with Gasteiger partial charge >= 0.3 is 5.97 Å². The topological polar surface area (TPSA) is 140 Å². The molecule has 1 aromatic heterocycles. The fourth-order valence-electron chi connectivity index (χ4n) is 3.14. The van der Waals surface area contributed by atoms with E-state index in [1.807, 2.05) is 13.8 Å². The molecule has 10 nitrogen and oxygen atoms in total. The van der Waals surface area contributed by atoms with Crippen molar-refractivity contribution in [2.45, 2.75) is 32.9 Å². The maximum absolute atomic E-state index is 14.5.